The quantitative estimate of drug-likeness (QED) is 0.737. The average molecular weight is 236 g/mol. The largest absolute Gasteiger partial charge is 0.461 e. The summed E-state index contributed by atoms with van der Waals surface area (Å²) in [6.07, 6.45) is -0.803. The first-order chi connectivity index (χ1) is 8.00. The van der Waals surface area contributed by atoms with Gasteiger partial charge >= 0.3 is 5.97 Å². The first kappa shape index (κ1) is 13.7. The lowest BCUT2D eigenvalue weighted by molar-refractivity contribution is -0.164. The molecule has 0 saturated carbocycles. The van der Waals surface area contributed by atoms with Crippen LogP contribution in [-0.2, 0) is 14.3 Å². The molecule has 0 bridgehead atoms. The summed E-state index contributed by atoms with van der Waals surface area (Å²) < 4.78 is 10.8. The van der Waals surface area contributed by atoms with Crippen LogP contribution in [0.1, 0.15) is 39.4 Å². The molecule has 0 aliphatic rings. The molecule has 17 heavy (non-hydrogen) atoms. The van der Waals surface area contributed by atoms with Gasteiger partial charge in [0, 0.05) is 0 Å². The zero-order valence-corrected chi connectivity index (χ0v) is 10.8. The van der Waals surface area contributed by atoms with Crippen LogP contribution in [0.2, 0.25) is 0 Å². The summed E-state index contributed by atoms with van der Waals surface area (Å²) in [6.45, 7) is 7.46. The molecule has 0 aliphatic carbocycles. The van der Waals surface area contributed by atoms with Crippen molar-refractivity contribution >= 4 is 5.97 Å². The molecule has 1 aromatic carbocycles. The fraction of sp³-hybridized carbons (Fsp3) is 0.500. The van der Waals surface area contributed by atoms with Crippen molar-refractivity contribution in [1.29, 1.82) is 0 Å². The molecule has 1 atom stereocenters. The summed E-state index contributed by atoms with van der Waals surface area (Å²) >= 11 is 0. The normalized spacial score (nSPS) is 12.8. The SMILES string of the molecule is CC(C)OC(=O)[C@@H](OC(C)C)c1ccccc1. The van der Waals surface area contributed by atoms with E-state index in [1.165, 1.54) is 0 Å². The summed E-state index contributed by atoms with van der Waals surface area (Å²) in [5, 5.41) is 0. The number of carbonyl (C=O) groups is 1. The van der Waals surface area contributed by atoms with Crippen molar-refractivity contribution < 1.29 is 14.3 Å². The molecule has 0 aromatic heterocycles. The number of carbonyl (C=O) groups excluding carboxylic acids is 1. The van der Waals surface area contributed by atoms with E-state index in [1.807, 2.05) is 58.0 Å². The Balaban J connectivity index is 2.84. The first-order valence-corrected chi connectivity index (χ1v) is 5.91. The highest BCUT2D eigenvalue weighted by molar-refractivity contribution is 5.76. The summed E-state index contributed by atoms with van der Waals surface area (Å²) in [5.74, 6) is -0.333. The van der Waals surface area contributed by atoms with Gasteiger partial charge in [-0.15, -0.1) is 0 Å². The van der Waals surface area contributed by atoms with Gasteiger partial charge in [-0.2, -0.15) is 0 Å². The molecule has 3 nitrogen and oxygen atoms in total. The second kappa shape index (κ2) is 6.40. The van der Waals surface area contributed by atoms with E-state index < -0.39 is 6.10 Å². The van der Waals surface area contributed by atoms with Crippen LogP contribution in [-0.4, -0.2) is 18.2 Å². The topological polar surface area (TPSA) is 35.5 Å². The van der Waals surface area contributed by atoms with Crippen molar-refractivity contribution in [3.8, 4) is 0 Å². The zero-order valence-electron chi connectivity index (χ0n) is 10.8. The molecule has 94 valence electrons. The maximum absolute atomic E-state index is 11.9. The highest BCUT2D eigenvalue weighted by atomic mass is 16.6. The van der Waals surface area contributed by atoms with Gasteiger partial charge in [-0.3, -0.25) is 0 Å². The Bertz CT molecular complexity index is 344. The second-order valence-electron chi connectivity index (χ2n) is 4.46. The monoisotopic (exact) mass is 236 g/mol. The summed E-state index contributed by atoms with van der Waals surface area (Å²) in [4.78, 5) is 11.9. The third-order valence-electron chi connectivity index (χ3n) is 2.08. The van der Waals surface area contributed by atoms with Gasteiger partial charge < -0.3 is 9.47 Å². The number of hydrogen-bond donors (Lipinski definition) is 0. The predicted octanol–water partition coefficient (Wildman–Crippen LogP) is 3.10. The Morgan fingerprint density at radius 3 is 2.06 bits per heavy atom. The van der Waals surface area contributed by atoms with E-state index in [1.54, 1.807) is 0 Å². The number of esters is 1. The number of benzene rings is 1. The summed E-state index contributed by atoms with van der Waals surface area (Å²) in [5.41, 5.74) is 0.826. The van der Waals surface area contributed by atoms with Crippen molar-refractivity contribution in [3.05, 3.63) is 35.9 Å². The molecule has 0 unspecified atom stereocenters. The molecule has 0 aliphatic heterocycles. The Kier molecular flexibility index (Phi) is 5.16. The molecule has 0 spiro atoms. The van der Waals surface area contributed by atoms with Gasteiger partial charge in [-0.25, -0.2) is 4.79 Å². The highest BCUT2D eigenvalue weighted by Gasteiger charge is 2.24. The lowest BCUT2D eigenvalue weighted by atomic mass is 10.1. The number of rotatable bonds is 5. The van der Waals surface area contributed by atoms with Crippen molar-refractivity contribution in [3.63, 3.8) is 0 Å². The zero-order chi connectivity index (χ0) is 12.8. The van der Waals surface area contributed by atoms with E-state index in [0.717, 1.165) is 5.56 Å². The van der Waals surface area contributed by atoms with Crippen LogP contribution in [0.3, 0.4) is 0 Å². The van der Waals surface area contributed by atoms with Crippen LogP contribution in [0.25, 0.3) is 0 Å². The van der Waals surface area contributed by atoms with Gasteiger partial charge in [0.15, 0.2) is 6.10 Å². The molecule has 0 amide bonds. The molecule has 1 aromatic rings. The third-order valence-corrected chi connectivity index (χ3v) is 2.08. The van der Waals surface area contributed by atoms with E-state index in [9.17, 15) is 4.79 Å². The lowest BCUT2D eigenvalue weighted by Crippen LogP contribution is -2.24. The smallest absolute Gasteiger partial charge is 0.340 e. The van der Waals surface area contributed by atoms with Gasteiger partial charge in [-0.05, 0) is 33.3 Å². The van der Waals surface area contributed by atoms with Gasteiger partial charge in [0.25, 0.3) is 0 Å². The maximum atomic E-state index is 11.9. The van der Waals surface area contributed by atoms with Gasteiger partial charge in [0.1, 0.15) is 0 Å². The summed E-state index contributed by atoms with van der Waals surface area (Å²) in [6, 6.07) is 9.41. The van der Waals surface area contributed by atoms with Gasteiger partial charge in [0.2, 0.25) is 0 Å². The molecule has 0 heterocycles. The van der Waals surface area contributed by atoms with Crippen molar-refractivity contribution in [2.75, 3.05) is 0 Å². The minimum atomic E-state index is -0.640. The Labute approximate surface area is 103 Å². The lowest BCUT2D eigenvalue weighted by Gasteiger charge is -2.20. The molecule has 1 rings (SSSR count). The van der Waals surface area contributed by atoms with Crippen molar-refractivity contribution in [2.45, 2.75) is 46.0 Å². The Morgan fingerprint density at radius 2 is 1.59 bits per heavy atom. The molecular formula is C14H20O3. The van der Waals surface area contributed by atoms with Crippen LogP contribution in [0.15, 0.2) is 30.3 Å². The van der Waals surface area contributed by atoms with Gasteiger partial charge in [0.05, 0.1) is 12.2 Å². The predicted molar refractivity (Wildman–Crippen MR) is 66.6 cm³/mol. The van der Waals surface area contributed by atoms with E-state index in [0.29, 0.717) is 0 Å². The van der Waals surface area contributed by atoms with Crippen LogP contribution >= 0.6 is 0 Å². The number of hydrogen-bond acceptors (Lipinski definition) is 3. The number of ether oxygens (including phenoxy) is 2. The van der Waals surface area contributed by atoms with Crippen molar-refractivity contribution in [1.82, 2.24) is 0 Å². The van der Waals surface area contributed by atoms with Gasteiger partial charge in [-0.1, -0.05) is 30.3 Å². The molecule has 0 N–H and O–H groups in total. The van der Waals surface area contributed by atoms with Crippen LogP contribution in [0, 0.1) is 0 Å². The average Bonchev–Trinajstić information content (AvgIpc) is 2.25. The first-order valence-electron chi connectivity index (χ1n) is 5.91. The molecule has 3 heteroatoms. The highest BCUT2D eigenvalue weighted by Crippen LogP contribution is 2.21. The van der Waals surface area contributed by atoms with Crippen LogP contribution < -0.4 is 0 Å². The fourth-order valence-corrected chi connectivity index (χ4v) is 1.46. The molecular weight excluding hydrogens is 216 g/mol. The minimum absolute atomic E-state index is 0.0279. The Hall–Kier alpha value is -1.35. The maximum Gasteiger partial charge on any atom is 0.340 e. The molecule has 0 fully saturated rings. The third kappa shape index (κ3) is 4.57. The second-order valence-corrected chi connectivity index (χ2v) is 4.46. The molecule has 0 radical (unpaired) electrons. The summed E-state index contributed by atoms with van der Waals surface area (Å²) in [7, 11) is 0. The van der Waals surface area contributed by atoms with Crippen LogP contribution in [0.5, 0.6) is 0 Å². The minimum Gasteiger partial charge on any atom is -0.461 e. The van der Waals surface area contributed by atoms with Crippen molar-refractivity contribution in [2.24, 2.45) is 0 Å². The standard InChI is InChI=1S/C14H20O3/c1-10(2)16-13(14(15)17-11(3)4)12-8-6-5-7-9-12/h5-11,13H,1-4H3/t13-/m0/s1. The van der Waals surface area contributed by atoms with E-state index in [-0.39, 0.29) is 18.2 Å². The van der Waals surface area contributed by atoms with E-state index in [4.69, 9.17) is 9.47 Å². The van der Waals surface area contributed by atoms with E-state index in [2.05, 4.69) is 0 Å². The van der Waals surface area contributed by atoms with E-state index >= 15 is 0 Å². The fourth-order valence-electron chi connectivity index (χ4n) is 1.46. The Morgan fingerprint density at radius 1 is 1.00 bits per heavy atom. The molecule has 0 saturated heterocycles. The van der Waals surface area contributed by atoms with Crippen LogP contribution in [0.4, 0.5) is 0 Å².